The Morgan fingerprint density at radius 3 is 2.53 bits per heavy atom. The number of carbonyl (C=O) groups is 1. The van der Waals surface area contributed by atoms with Gasteiger partial charge in [0.25, 0.3) is 0 Å². The van der Waals surface area contributed by atoms with E-state index in [1.807, 2.05) is 6.92 Å². The summed E-state index contributed by atoms with van der Waals surface area (Å²) in [6, 6.07) is -0.496. The van der Waals surface area contributed by atoms with E-state index in [-0.39, 0.29) is 6.10 Å². The minimum Gasteiger partial charge on any atom is -0.379 e. The molecule has 6 nitrogen and oxygen atoms in total. The van der Waals surface area contributed by atoms with Crippen LogP contribution in [0.15, 0.2) is 0 Å². The van der Waals surface area contributed by atoms with Gasteiger partial charge in [0.05, 0.1) is 0 Å². The molecule has 0 aromatic heterocycles. The van der Waals surface area contributed by atoms with E-state index in [0.717, 1.165) is 12.8 Å². The van der Waals surface area contributed by atoms with E-state index >= 15 is 0 Å². The van der Waals surface area contributed by atoms with Crippen molar-refractivity contribution in [1.29, 1.82) is 0 Å². The molecule has 0 saturated heterocycles. The number of nitrogens with one attached hydrogen (secondary N) is 1. The molecule has 0 heterocycles. The Bertz CT molecular complexity index is 178. The van der Waals surface area contributed by atoms with E-state index in [9.17, 15) is 4.79 Å². The summed E-state index contributed by atoms with van der Waals surface area (Å²) in [4.78, 5) is 10.4. The zero-order chi connectivity index (χ0) is 11.7. The molecular weight excluding hydrogens is 216 g/mol. The quantitative estimate of drug-likeness (QED) is 0.453. The van der Waals surface area contributed by atoms with E-state index < -0.39 is 15.6 Å². The van der Waals surface area contributed by atoms with Gasteiger partial charge in [-0.25, -0.2) is 4.79 Å². The first-order valence-corrected chi connectivity index (χ1v) is 6.26. The monoisotopic (exact) mass is 236 g/mol. The van der Waals surface area contributed by atoms with Crippen LogP contribution in [0, 0.1) is 0 Å². The summed E-state index contributed by atoms with van der Waals surface area (Å²) in [7, 11) is 1.21. The first-order chi connectivity index (χ1) is 7.10. The number of amides is 2. The molecule has 0 spiro atoms. The fourth-order valence-electron chi connectivity index (χ4n) is 1.07. The van der Waals surface area contributed by atoms with Crippen LogP contribution in [0.3, 0.4) is 0 Å². The van der Waals surface area contributed by atoms with Crippen molar-refractivity contribution in [1.82, 2.24) is 5.32 Å². The average molecular weight is 236 g/mol. The van der Waals surface area contributed by atoms with E-state index in [4.69, 9.17) is 19.0 Å². The number of hydrogen-bond donors (Lipinski definition) is 2. The fourth-order valence-corrected chi connectivity index (χ4v) is 2.00. The zero-order valence-corrected chi connectivity index (χ0v) is 10.6. The number of rotatable bonds is 8. The van der Waals surface area contributed by atoms with Gasteiger partial charge in [-0.3, -0.25) is 0 Å². The predicted molar refractivity (Wildman–Crippen MR) is 58.5 cm³/mol. The molecule has 0 fully saturated rings. The van der Waals surface area contributed by atoms with Gasteiger partial charge in [0, 0.05) is 26.9 Å². The molecule has 1 unspecified atom stereocenters. The fraction of sp³-hybridized carbons (Fsp3) is 0.875. The van der Waals surface area contributed by atoms with Gasteiger partial charge in [0.2, 0.25) is 0 Å². The lowest BCUT2D eigenvalue weighted by Gasteiger charge is -2.17. The maximum absolute atomic E-state index is 10.4. The second-order valence-corrected chi connectivity index (χ2v) is 4.93. The minimum atomic E-state index is -1.93. The topological polar surface area (TPSA) is 82.8 Å². The van der Waals surface area contributed by atoms with Crippen molar-refractivity contribution < 1.29 is 18.1 Å². The standard InChI is InChI=1S/C8H20N2O4Si/c1-7(14-15(12-2)13-3)5-4-6-10-8(9)11/h7,15H,4-6H2,1-3H3,(H3,9,10,11). The first-order valence-electron chi connectivity index (χ1n) is 4.84. The van der Waals surface area contributed by atoms with Gasteiger partial charge in [-0.15, -0.1) is 0 Å². The molecule has 7 heteroatoms. The molecule has 1 atom stereocenters. The highest BCUT2D eigenvalue weighted by Gasteiger charge is 2.15. The molecule has 2 amide bonds. The van der Waals surface area contributed by atoms with Crippen molar-refractivity contribution >= 4 is 15.6 Å². The van der Waals surface area contributed by atoms with Gasteiger partial charge >= 0.3 is 15.6 Å². The Kier molecular flexibility index (Phi) is 8.29. The Morgan fingerprint density at radius 1 is 1.47 bits per heavy atom. The maximum atomic E-state index is 10.4. The van der Waals surface area contributed by atoms with Gasteiger partial charge in [0.1, 0.15) is 0 Å². The molecule has 0 aromatic rings. The summed E-state index contributed by atoms with van der Waals surface area (Å²) in [5.41, 5.74) is 4.92. The zero-order valence-electron chi connectivity index (χ0n) is 9.49. The second-order valence-electron chi connectivity index (χ2n) is 3.14. The van der Waals surface area contributed by atoms with Gasteiger partial charge in [-0.1, -0.05) is 0 Å². The largest absolute Gasteiger partial charge is 0.483 e. The number of carbonyl (C=O) groups excluding carboxylic acids is 1. The van der Waals surface area contributed by atoms with Gasteiger partial charge in [-0.2, -0.15) is 0 Å². The average Bonchev–Trinajstić information content (AvgIpc) is 2.20. The summed E-state index contributed by atoms with van der Waals surface area (Å²) in [6.45, 7) is 2.51. The molecule has 0 radical (unpaired) electrons. The Labute approximate surface area is 92.0 Å². The van der Waals surface area contributed by atoms with E-state index in [0.29, 0.717) is 6.54 Å². The van der Waals surface area contributed by atoms with Crippen molar-refractivity contribution in [3.8, 4) is 0 Å². The summed E-state index contributed by atoms with van der Waals surface area (Å²) < 4.78 is 15.5. The number of hydrogen-bond acceptors (Lipinski definition) is 4. The van der Waals surface area contributed by atoms with Crippen molar-refractivity contribution in [2.45, 2.75) is 25.9 Å². The normalized spacial score (nSPS) is 12.8. The highest BCUT2D eigenvalue weighted by Crippen LogP contribution is 2.03. The third kappa shape index (κ3) is 8.37. The molecular formula is C8H20N2O4Si. The number of urea groups is 1. The SMILES string of the molecule is CO[SiH](OC)OC(C)CCCNC(N)=O. The molecule has 0 aliphatic heterocycles. The second kappa shape index (κ2) is 8.66. The molecule has 90 valence electrons. The lowest BCUT2D eigenvalue weighted by Crippen LogP contribution is -2.32. The van der Waals surface area contributed by atoms with E-state index in [1.54, 1.807) is 14.2 Å². The number of nitrogens with two attached hydrogens (primary N) is 1. The highest BCUT2D eigenvalue weighted by atomic mass is 28.3. The summed E-state index contributed by atoms with van der Waals surface area (Å²) in [5, 5.41) is 2.51. The Hall–Kier alpha value is -0.633. The molecule has 0 saturated carbocycles. The van der Waals surface area contributed by atoms with Gasteiger partial charge in [0.15, 0.2) is 0 Å². The van der Waals surface area contributed by atoms with Crippen LogP contribution in [0.25, 0.3) is 0 Å². The van der Waals surface area contributed by atoms with E-state index in [2.05, 4.69) is 5.32 Å². The number of primary amides is 1. The van der Waals surface area contributed by atoms with Gasteiger partial charge in [-0.05, 0) is 19.8 Å². The van der Waals surface area contributed by atoms with Crippen molar-refractivity contribution in [2.75, 3.05) is 20.8 Å². The highest BCUT2D eigenvalue weighted by molar-refractivity contribution is 6.36. The minimum absolute atomic E-state index is 0.0660. The Morgan fingerprint density at radius 2 is 2.07 bits per heavy atom. The lowest BCUT2D eigenvalue weighted by atomic mass is 10.2. The third-order valence-corrected chi connectivity index (χ3v) is 3.27. The predicted octanol–water partition coefficient (Wildman–Crippen LogP) is -0.150. The molecule has 0 aliphatic rings. The van der Waals surface area contributed by atoms with Crippen LogP contribution < -0.4 is 11.1 Å². The van der Waals surface area contributed by atoms with Crippen LogP contribution >= 0.6 is 0 Å². The van der Waals surface area contributed by atoms with Crippen LogP contribution in [0.4, 0.5) is 4.79 Å². The van der Waals surface area contributed by atoms with Crippen LogP contribution in [-0.2, 0) is 13.3 Å². The maximum Gasteiger partial charge on any atom is 0.483 e. The summed E-state index contributed by atoms with van der Waals surface area (Å²) in [5.74, 6) is 0. The molecule has 0 aliphatic carbocycles. The molecule has 15 heavy (non-hydrogen) atoms. The lowest BCUT2D eigenvalue weighted by molar-refractivity contribution is 0.0897. The summed E-state index contributed by atoms with van der Waals surface area (Å²) in [6.07, 6.45) is 1.71. The molecule has 3 N–H and O–H groups in total. The third-order valence-electron chi connectivity index (χ3n) is 1.81. The molecule has 0 aromatic carbocycles. The van der Waals surface area contributed by atoms with Crippen molar-refractivity contribution in [3.63, 3.8) is 0 Å². The van der Waals surface area contributed by atoms with Gasteiger partial charge < -0.3 is 24.3 Å². The van der Waals surface area contributed by atoms with Crippen LogP contribution in [0.2, 0.25) is 0 Å². The van der Waals surface area contributed by atoms with Crippen LogP contribution in [0.5, 0.6) is 0 Å². The summed E-state index contributed by atoms with van der Waals surface area (Å²) >= 11 is 0. The van der Waals surface area contributed by atoms with E-state index in [1.165, 1.54) is 0 Å². The van der Waals surface area contributed by atoms with Crippen LogP contribution in [-0.4, -0.2) is 42.4 Å². The smallest absolute Gasteiger partial charge is 0.379 e. The van der Waals surface area contributed by atoms with Crippen LogP contribution in [0.1, 0.15) is 19.8 Å². The van der Waals surface area contributed by atoms with Crippen molar-refractivity contribution in [2.24, 2.45) is 5.73 Å². The van der Waals surface area contributed by atoms with Crippen molar-refractivity contribution in [3.05, 3.63) is 0 Å². The molecule has 0 bridgehead atoms. The molecule has 0 rings (SSSR count). The first kappa shape index (κ1) is 14.4. The Balaban J connectivity index is 3.47.